The smallest absolute Gasteiger partial charge is 0.305 e. The van der Waals surface area contributed by atoms with E-state index < -0.39 is 0 Å². The van der Waals surface area contributed by atoms with Crippen LogP contribution in [0, 0.1) is 5.82 Å². The second-order valence-corrected chi connectivity index (χ2v) is 4.51. The standard InChI is InChI=1S/C12H15BrFNO2/c1-17-12(16)3-2-6-15-8-9-7-10(13)4-5-11(9)14/h4-5,7,15H,2-3,6,8H2,1H3. The van der Waals surface area contributed by atoms with Crippen molar-refractivity contribution in [1.29, 1.82) is 0 Å². The van der Waals surface area contributed by atoms with Gasteiger partial charge in [0.25, 0.3) is 0 Å². The summed E-state index contributed by atoms with van der Waals surface area (Å²) in [6.07, 6.45) is 1.06. The summed E-state index contributed by atoms with van der Waals surface area (Å²) in [4.78, 5) is 10.8. The fourth-order valence-electron chi connectivity index (χ4n) is 1.36. The van der Waals surface area contributed by atoms with Crippen LogP contribution < -0.4 is 5.32 Å². The second kappa shape index (κ2) is 7.40. The summed E-state index contributed by atoms with van der Waals surface area (Å²) in [7, 11) is 1.37. The Kier molecular flexibility index (Phi) is 6.15. The molecule has 0 fully saturated rings. The number of benzene rings is 1. The molecule has 1 rings (SSSR count). The first-order chi connectivity index (χ1) is 8.13. The minimum atomic E-state index is -0.228. The number of halogens is 2. The number of hydrogen-bond donors (Lipinski definition) is 1. The van der Waals surface area contributed by atoms with Crippen molar-refractivity contribution in [3.8, 4) is 0 Å². The lowest BCUT2D eigenvalue weighted by Crippen LogP contribution is -2.16. The van der Waals surface area contributed by atoms with Crippen molar-refractivity contribution in [3.63, 3.8) is 0 Å². The molecule has 1 aromatic rings. The van der Waals surface area contributed by atoms with Crippen LogP contribution in [0.3, 0.4) is 0 Å². The van der Waals surface area contributed by atoms with E-state index in [0.717, 1.165) is 4.47 Å². The topological polar surface area (TPSA) is 38.3 Å². The summed E-state index contributed by atoms with van der Waals surface area (Å²) in [5.41, 5.74) is 0.609. The maximum Gasteiger partial charge on any atom is 0.305 e. The number of hydrogen-bond acceptors (Lipinski definition) is 3. The average molecular weight is 304 g/mol. The van der Waals surface area contributed by atoms with Gasteiger partial charge in [-0.2, -0.15) is 0 Å². The lowest BCUT2D eigenvalue weighted by Gasteiger charge is -2.06. The van der Waals surface area contributed by atoms with Crippen LogP contribution in [0.4, 0.5) is 4.39 Å². The van der Waals surface area contributed by atoms with E-state index in [1.807, 2.05) is 0 Å². The molecule has 0 saturated carbocycles. The van der Waals surface area contributed by atoms with Gasteiger partial charge >= 0.3 is 5.97 Å². The van der Waals surface area contributed by atoms with Gasteiger partial charge < -0.3 is 10.1 Å². The van der Waals surface area contributed by atoms with Gasteiger partial charge in [-0.15, -0.1) is 0 Å². The number of methoxy groups -OCH3 is 1. The summed E-state index contributed by atoms with van der Waals surface area (Å²) in [6.45, 7) is 1.10. The first-order valence-corrected chi connectivity index (χ1v) is 6.14. The zero-order valence-corrected chi connectivity index (χ0v) is 11.2. The average Bonchev–Trinajstić information content (AvgIpc) is 2.32. The molecule has 0 saturated heterocycles. The molecule has 17 heavy (non-hydrogen) atoms. The lowest BCUT2D eigenvalue weighted by atomic mass is 10.2. The normalized spacial score (nSPS) is 10.3. The van der Waals surface area contributed by atoms with E-state index >= 15 is 0 Å². The van der Waals surface area contributed by atoms with Gasteiger partial charge in [-0.1, -0.05) is 15.9 Å². The van der Waals surface area contributed by atoms with E-state index in [9.17, 15) is 9.18 Å². The van der Waals surface area contributed by atoms with E-state index in [1.165, 1.54) is 13.2 Å². The molecule has 5 heteroatoms. The van der Waals surface area contributed by atoms with Gasteiger partial charge in [0.2, 0.25) is 0 Å². The number of nitrogens with one attached hydrogen (secondary N) is 1. The molecule has 0 aliphatic rings. The van der Waals surface area contributed by atoms with Crippen molar-refractivity contribution in [2.75, 3.05) is 13.7 Å². The highest BCUT2D eigenvalue weighted by Crippen LogP contribution is 2.15. The summed E-state index contributed by atoms with van der Waals surface area (Å²) in [6, 6.07) is 4.83. The fourth-order valence-corrected chi connectivity index (χ4v) is 1.77. The lowest BCUT2D eigenvalue weighted by molar-refractivity contribution is -0.140. The van der Waals surface area contributed by atoms with Crippen molar-refractivity contribution in [2.24, 2.45) is 0 Å². The predicted octanol–water partition coefficient (Wildman–Crippen LogP) is 2.63. The Balaban J connectivity index is 2.26. The van der Waals surface area contributed by atoms with Crippen LogP contribution in [0.5, 0.6) is 0 Å². The Morgan fingerprint density at radius 3 is 3.00 bits per heavy atom. The summed E-state index contributed by atoms with van der Waals surface area (Å²) in [5.74, 6) is -0.450. The zero-order valence-electron chi connectivity index (χ0n) is 9.63. The fraction of sp³-hybridized carbons (Fsp3) is 0.417. The number of esters is 1. The van der Waals surface area contributed by atoms with Crippen LogP contribution in [0.25, 0.3) is 0 Å². The molecule has 0 spiro atoms. The Hall–Kier alpha value is -0.940. The van der Waals surface area contributed by atoms with Crippen molar-refractivity contribution in [2.45, 2.75) is 19.4 Å². The van der Waals surface area contributed by atoms with Crippen molar-refractivity contribution in [1.82, 2.24) is 5.32 Å². The Bertz CT molecular complexity index is 385. The van der Waals surface area contributed by atoms with E-state index in [-0.39, 0.29) is 11.8 Å². The molecule has 0 aliphatic heterocycles. The van der Waals surface area contributed by atoms with Gasteiger partial charge in [0, 0.05) is 23.0 Å². The van der Waals surface area contributed by atoms with Crippen LogP contribution in [0.15, 0.2) is 22.7 Å². The molecule has 94 valence electrons. The Morgan fingerprint density at radius 2 is 2.29 bits per heavy atom. The number of carbonyl (C=O) groups is 1. The van der Waals surface area contributed by atoms with E-state index in [0.29, 0.717) is 31.5 Å². The van der Waals surface area contributed by atoms with E-state index in [2.05, 4.69) is 26.0 Å². The van der Waals surface area contributed by atoms with Gasteiger partial charge in [-0.3, -0.25) is 4.79 Å². The van der Waals surface area contributed by atoms with Crippen LogP contribution in [0.2, 0.25) is 0 Å². The molecule has 0 heterocycles. The largest absolute Gasteiger partial charge is 0.469 e. The van der Waals surface area contributed by atoms with Crippen molar-refractivity contribution in [3.05, 3.63) is 34.1 Å². The SMILES string of the molecule is COC(=O)CCCNCc1cc(Br)ccc1F. The molecule has 1 aromatic carbocycles. The van der Waals surface area contributed by atoms with Gasteiger partial charge in [0.05, 0.1) is 7.11 Å². The second-order valence-electron chi connectivity index (χ2n) is 3.59. The van der Waals surface area contributed by atoms with Crippen LogP contribution in [-0.2, 0) is 16.1 Å². The molecule has 3 nitrogen and oxygen atoms in total. The zero-order chi connectivity index (χ0) is 12.7. The molecule has 0 unspecified atom stereocenters. The third-order valence-electron chi connectivity index (χ3n) is 2.29. The molecule has 0 aliphatic carbocycles. The van der Waals surface area contributed by atoms with E-state index in [1.54, 1.807) is 12.1 Å². The quantitative estimate of drug-likeness (QED) is 0.648. The molecule has 0 radical (unpaired) electrons. The molecular formula is C12H15BrFNO2. The third-order valence-corrected chi connectivity index (χ3v) is 2.78. The van der Waals surface area contributed by atoms with Gasteiger partial charge in [0.1, 0.15) is 5.82 Å². The van der Waals surface area contributed by atoms with Crippen LogP contribution in [0.1, 0.15) is 18.4 Å². The number of rotatable bonds is 6. The van der Waals surface area contributed by atoms with Crippen LogP contribution >= 0.6 is 15.9 Å². The van der Waals surface area contributed by atoms with Gasteiger partial charge in [-0.05, 0) is 31.2 Å². The highest BCUT2D eigenvalue weighted by atomic mass is 79.9. The van der Waals surface area contributed by atoms with Gasteiger partial charge in [-0.25, -0.2) is 4.39 Å². The summed E-state index contributed by atoms with van der Waals surface area (Å²) < 4.78 is 18.7. The molecule has 0 amide bonds. The maximum atomic E-state index is 13.3. The maximum absolute atomic E-state index is 13.3. The van der Waals surface area contributed by atoms with Crippen molar-refractivity contribution >= 4 is 21.9 Å². The highest BCUT2D eigenvalue weighted by Gasteiger charge is 2.03. The predicted molar refractivity (Wildman–Crippen MR) is 67.1 cm³/mol. The van der Waals surface area contributed by atoms with Crippen molar-refractivity contribution < 1.29 is 13.9 Å². The molecule has 0 bridgehead atoms. The van der Waals surface area contributed by atoms with Gasteiger partial charge in [0.15, 0.2) is 0 Å². The molecule has 0 atom stereocenters. The monoisotopic (exact) mass is 303 g/mol. The summed E-state index contributed by atoms with van der Waals surface area (Å²) in [5, 5.41) is 3.08. The molecular weight excluding hydrogens is 289 g/mol. The Morgan fingerprint density at radius 1 is 1.53 bits per heavy atom. The first kappa shape index (κ1) is 14.1. The number of ether oxygens (including phenoxy) is 1. The third kappa shape index (κ3) is 5.28. The molecule has 0 aromatic heterocycles. The number of carbonyl (C=O) groups excluding carboxylic acids is 1. The van der Waals surface area contributed by atoms with Crippen LogP contribution in [-0.4, -0.2) is 19.6 Å². The minimum absolute atomic E-state index is 0.222. The summed E-state index contributed by atoms with van der Waals surface area (Å²) >= 11 is 3.29. The first-order valence-electron chi connectivity index (χ1n) is 5.35. The van der Waals surface area contributed by atoms with E-state index in [4.69, 9.17) is 0 Å². The minimum Gasteiger partial charge on any atom is -0.469 e. The molecule has 1 N–H and O–H groups in total. The Labute approximate surface area is 108 Å². The highest BCUT2D eigenvalue weighted by molar-refractivity contribution is 9.10.